The third-order valence-corrected chi connectivity index (χ3v) is 1.36. The summed E-state index contributed by atoms with van der Waals surface area (Å²) in [6.07, 6.45) is 0.921. The van der Waals surface area contributed by atoms with E-state index in [2.05, 4.69) is 9.98 Å². The quantitative estimate of drug-likeness (QED) is 0.556. The van der Waals surface area contributed by atoms with Crippen molar-refractivity contribution in [3.8, 4) is 12.1 Å². The first-order valence-corrected chi connectivity index (χ1v) is 3.17. The number of aliphatic imine (C=N–C) groups is 2. The highest BCUT2D eigenvalue weighted by Gasteiger charge is 2.30. The van der Waals surface area contributed by atoms with Crippen LogP contribution in [-0.2, 0) is 0 Å². The highest BCUT2D eigenvalue weighted by atomic mass is 15.1. The molecule has 0 aromatic heterocycles. The predicted octanol–water partition coefficient (Wildman–Crippen LogP) is 0.295. The van der Waals surface area contributed by atoms with Crippen molar-refractivity contribution < 1.29 is 0 Å². The smallest absolute Gasteiger partial charge is 0.236 e. The molecular weight excluding hydrogens is 154 g/mol. The zero-order valence-corrected chi connectivity index (χ0v) is 6.37. The van der Waals surface area contributed by atoms with Gasteiger partial charge in [-0.2, -0.15) is 10.5 Å². The second-order valence-corrected chi connectivity index (χ2v) is 2.35. The lowest BCUT2D eigenvalue weighted by molar-refractivity contribution is 0.655. The van der Waals surface area contributed by atoms with Crippen LogP contribution in [0, 0.1) is 28.1 Å². The molecule has 1 atom stereocenters. The molecule has 1 aliphatic rings. The van der Waals surface area contributed by atoms with Gasteiger partial charge in [-0.05, 0) is 6.92 Å². The first-order chi connectivity index (χ1) is 5.65. The zero-order valence-electron chi connectivity index (χ0n) is 6.37. The molecule has 0 bridgehead atoms. The summed E-state index contributed by atoms with van der Waals surface area (Å²) in [4.78, 5) is 7.54. The topological polar surface area (TPSA) is 96.1 Å². The molecule has 0 aliphatic carbocycles. The molecule has 0 aromatic rings. The molecule has 1 aliphatic heterocycles. The maximum atomic E-state index is 8.60. The predicted molar refractivity (Wildman–Crippen MR) is 43.3 cm³/mol. The van der Waals surface area contributed by atoms with E-state index < -0.39 is 5.66 Å². The molecule has 0 saturated heterocycles. The Balaban J connectivity index is 3.20. The minimum atomic E-state index is -1.21. The van der Waals surface area contributed by atoms with Gasteiger partial charge in [-0.25, -0.2) is 9.98 Å². The Morgan fingerprint density at radius 1 is 1.50 bits per heavy atom. The summed E-state index contributed by atoms with van der Waals surface area (Å²) in [5.74, 6) is 0. The molecule has 1 rings (SSSR count). The highest BCUT2D eigenvalue weighted by molar-refractivity contribution is 6.66. The lowest BCUT2D eigenvalue weighted by Crippen LogP contribution is -2.12. The molecule has 0 amide bonds. The molecule has 58 valence electrons. The Labute approximate surface area is 69.2 Å². The van der Waals surface area contributed by atoms with Crippen molar-refractivity contribution in [2.24, 2.45) is 9.98 Å². The van der Waals surface area contributed by atoms with Crippen LogP contribution in [-0.4, -0.2) is 23.3 Å². The van der Waals surface area contributed by atoms with E-state index in [9.17, 15) is 0 Å². The summed E-state index contributed by atoms with van der Waals surface area (Å²) in [6, 6.07) is 3.61. The second kappa shape index (κ2) is 2.55. The van der Waals surface area contributed by atoms with Crippen LogP contribution in [0.5, 0.6) is 0 Å². The Hall–Kier alpha value is -2.01. The highest BCUT2D eigenvalue weighted by Crippen LogP contribution is 2.17. The fourth-order valence-corrected chi connectivity index (χ4v) is 0.820. The largest absolute Gasteiger partial charge is 0.306 e. The molecule has 12 heavy (non-hydrogen) atoms. The van der Waals surface area contributed by atoms with E-state index in [4.69, 9.17) is 15.9 Å². The Bertz CT molecular complexity index is 364. The molecule has 0 radical (unpaired) electrons. The number of rotatable bonds is 1. The molecule has 0 aromatic carbocycles. The molecule has 5 nitrogen and oxygen atoms in total. The minimum absolute atomic E-state index is 0.0500. The minimum Gasteiger partial charge on any atom is -0.306 e. The first-order valence-electron chi connectivity index (χ1n) is 3.17. The maximum Gasteiger partial charge on any atom is 0.236 e. The van der Waals surface area contributed by atoms with Gasteiger partial charge in [0, 0.05) is 6.21 Å². The van der Waals surface area contributed by atoms with E-state index in [-0.39, 0.29) is 11.4 Å². The van der Waals surface area contributed by atoms with Crippen LogP contribution < -0.4 is 0 Å². The SMILES string of the molecule is CC1(C#N)N=C(C#N)C(C=N)=N1. The van der Waals surface area contributed by atoms with Crippen LogP contribution in [0.25, 0.3) is 0 Å². The molecular formula is C7H5N5. The third kappa shape index (κ3) is 1.08. The van der Waals surface area contributed by atoms with Crippen LogP contribution in [0.1, 0.15) is 6.92 Å². The van der Waals surface area contributed by atoms with Crippen molar-refractivity contribution in [2.45, 2.75) is 12.6 Å². The van der Waals surface area contributed by atoms with E-state index in [1.165, 1.54) is 6.92 Å². The molecule has 0 saturated carbocycles. The monoisotopic (exact) mass is 159 g/mol. The van der Waals surface area contributed by atoms with Crippen LogP contribution in [0.3, 0.4) is 0 Å². The number of nitrogens with one attached hydrogen (secondary N) is 1. The molecule has 0 fully saturated rings. The van der Waals surface area contributed by atoms with Gasteiger partial charge in [0.15, 0.2) is 5.71 Å². The van der Waals surface area contributed by atoms with E-state index in [0.717, 1.165) is 6.21 Å². The number of nitriles is 2. The summed E-state index contributed by atoms with van der Waals surface area (Å²) >= 11 is 0. The van der Waals surface area contributed by atoms with Gasteiger partial charge in [0.05, 0.1) is 0 Å². The summed E-state index contributed by atoms with van der Waals surface area (Å²) < 4.78 is 0. The molecule has 1 heterocycles. The zero-order chi connectivity index (χ0) is 9.19. The van der Waals surface area contributed by atoms with Crippen molar-refractivity contribution >= 4 is 17.6 Å². The fraction of sp³-hybridized carbons (Fsp3) is 0.286. The van der Waals surface area contributed by atoms with Crippen molar-refractivity contribution in [3.63, 3.8) is 0 Å². The molecule has 5 heteroatoms. The third-order valence-electron chi connectivity index (χ3n) is 1.36. The molecule has 1 N–H and O–H groups in total. The average molecular weight is 159 g/mol. The van der Waals surface area contributed by atoms with Gasteiger partial charge in [-0.1, -0.05) is 0 Å². The van der Waals surface area contributed by atoms with Gasteiger partial charge in [0.25, 0.3) is 0 Å². The van der Waals surface area contributed by atoms with Crippen molar-refractivity contribution in [1.82, 2.24) is 0 Å². The van der Waals surface area contributed by atoms with Gasteiger partial charge in [0.2, 0.25) is 5.66 Å². The lowest BCUT2D eigenvalue weighted by Gasteiger charge is -2.02. The molecule has 1 unspecified atom stereocenters. The van der Waals surface area contributed by atoms with Crippen molar-refractivity contribution in [1.29, 1.82) is 15.9 Å². The lowest BCUT2D eigenvalue weighted by atomic mass is 10.3. The summed E-state index contributed by atoms with van der Waals surface area (Å²) in [5.41, 5.74) is -0.992. The Kier molecular flexibility index (Phi) is 1.72. The number of nitrogens with zero attached hydrogens (tertiary/aromatic N) is 4. The summed E-state index contributed by atoms with van der Waals surface area (Å²) in [6.45, 7) is 1.49. The van der Waals surface area contributed by atoms with E-state index in [1.54, 1.807) is 6.07 Å². The average Bonchev–Trinajstić information content (AvgIpc) is 2.43. The van der Waals surface area contributed by atoms with E-state index in [0.29, 0.717) is 0 Å². The Morgan fingerprint density at radius 2 is 2.17 bits per heavy atom. The standard InChI is InChI=1S/C7H5N5/c1-7(4-10)11-5(2-8)6(3-9)12-7/h2,8H,1H3. The Morgan fingerprint density at radius 3 is 2.50 bits per heavy atom. The van der Waals surface area contributed by atoms with Crippen LogP contribution in [0.2, 0.25) is 0 Å². The van der Waals surface area contributed by atoms with Crippen LogP contribution >= 0.6 is 0 Å². The second-order valence-electron chi connectivity index (χ2n) is 2.35. The summed E-state index contributed by atoms with van der Waals surface area (Å²) in [5, 5.41) is 24.0. The van der Waals surface area contributed by atoms with Gasteiger partial charge in [0.1, 0.15) is 17.9 Å². The van der Waals surface area contributed by atoms with Gasteiger partial charge >= 0.3 is 0 Å². The number of hydrogen-bond donors (Lipinski definition) is 1. The first kappa shape index (κ1) is 8.09. The summed E-state index contributed by atoms with van der Waals surface area (Å²) in [7, 11) is 0. The maximum absolute atomic E-state index is 8.60. The van der Waals surface area contributed by atoms with E-state index >= 15 is 0 Å². The normalized spacial score (nSPS) is 26.6. The van der Waals surface area contributed by atoms with Crippen molar-refractivity contribution in [2.75, 3.05) is 0 Å². The van der Waals surface area contributed by atoms with Gasteiger partial charge in [-0.15, -0.1) is 0 Å². The molecule has 0 spiro atoms. The number of hydrogen-bond acceptors (Lipinski definition) is 5. The fourth-order valence-electron chi connectivity index (χ4n) is 0.820. The van der Waals surface area contributed by atoms with Gasteiger partial charge < -0.3 is 5.41 Å². The van der Waals surface area contributed by atoms with Gasteiger partial charge in [-0.3, -0.25) is 0 Å². The van der Waals surface area contributed by atoms with Crippen LogP contribution in [0.4, 0.5) is 0 Å². The van der Waals surface area contributed by atoms with Crippen LogP contribution in [0.15, 0.2) is 9.98 Å². The van der Waals surface area contributed by atoms with Crippen molar-refractivity contribution in [3.05, 3.63) is 0 Å². The van der Waals surface area contributed by atoms with E-state index in [1.807, 2.05) is 6.07 Å².